The Morgan fingerprint density at radius 1 is 1.04 bits per heavy atom. The maximum absolute atomic E-state index is 12.6. The second-order valence-corrected chi connectivity index (χ2v) is 6.85. The minimum atomic E-state index is -0.370. The quantitative estimate of drug-likeness (QED) is 0.528. The lowest BCUT2D eigenvalue weighted by Crippen LogP contribution is -2.43. The van der Waals surface area contributed by atoms with Crippen molar-refractivity contribution in [1.82, 2.24) is 20.4 Å². The average molecular weight is 339 g/mol. The molecular weight excluding hydrogens is 306 g/mol. The lowest BCUT2D eigenvalue weighted by Gasteiger charge is -2.29. The Hall–Kier alpha value is -1.79. The summed E-state index contributed by atoms with van der Waals surface area (Å²) < 4.78 is 0. The summed E-state index contributed by atoms with van der Waals surface area (Å²) in [4.78, 5) is 32.1. The summed E-state index contributed by atoms with van der Waals surface area (Å²) in [5, 5.41) is 6.37. The molecule has 0 atom stereocenters. The van der Waals surface area contributed by atoms with Gasteiger partial charge < -0.3 is 20.4 Å². The fourth-order valence-corrected chi connectivity index (χ4v) is 3.05. The molecule has 7 nitrogen and oxygen atoms in total. The number of guanidine groups is 1. The molecule has 0 aromatic heterocycles. The molecule has 7 heteroatoms. The third-order valence-corrected chi connectivity index (χ3v) is 4.43. The Balaban J connectivity index is 2.69. The van der Waals surface area contributed by atoms with E-state index in [2.05, 4.69) is 15.6 Å². The predicted molar refractivity (Wildman–Crippen MR) is 96.9 cm³/mol. The van der Waals surface area contributed by atoms with Gasteiger partial charge >= 0.3 is 0 Å². The van der Waals surface area contributed by atoms with Crippen LogP contribution in [0.5, 0.6) is 0 Å². The third-order valence-electron chi connectivity index (χ3n) is 4.43. The lowest BCUT2D eigenvalue weighted by atomic mass is 9.85. The average Bonchev–Trinajstić information content (AvgIpc) is 3.01. The van der Waals surface area contributed by atoms with Crippen molar-refractivity contribution in [2.45, 2.75) is 39.0 Å². The molecule has 2 N–H and O–H groups in total. The second kappa shape index (κ2) is 9.49. The smallest absolute Gasteiger partial charge is 0.230 e. The molecule has 0 heterocycles. The van der Waals surface area contributed by atoms with Crippen LogP contribution >= 0.6 is 0 Å². The van der Waals surface area contributed by atoms with Crippen molar-refractivity contribution in [2.75, 3.05) is 47.8 Å². The molecule has 1 aliphatic rings. The molecule has 24 heavy (non-hydrogen) atoms. The number of hydrogen-bond acceptors (Lipinski definition) is 3. The number of amides is 2. The first-order valence-electron chi connectivity index (χ1n) is 8.76. The van der Waals surface area contributed by atoms with Gasteiger partial charge in [-0.05, 0) is 19.8 Å². The molecule has 0 bridgehead atoms. The van der Waals surface area contributed by atoms with Crippen molar-refractivity contribution in [3.05, 3.63) is 0 Å². The van der Waals surface area contributed by atoms with Crippen LogP contribution in [0.1, 0.15) is 39.0 Å². The highest BCUT2D eigenvalue weighted by molar-refractivity contribution is 5.84. The standard InChI is InChI=1S/C17H33N5O2/c1-6-18-16(19-12-9-14(23)21(2)3)20-13-17(10-7-8-11-17)15(24)22(4)5/h6-13H2,1-5H3,(H2,18,19,20). The van der Waals surface area contributed by atoms with Gasteiger partial charge in [0.2, 0.25) is 11.8 Å². The number of hydrogen-bond donors (Lipinski definition) is 2. The van der Waals surface area contributed by atoms with E-state index in [0.717, 1.165) is 32.2 Å². The molecule has 0 spiro atoms. The van der Waals surface area contributed by atoms with E-state index in [1.165, 1.54) is 0 Å². The van der Waals surface area contributed by atoms with Crippen molar-refractivity contribution in [3.63, 3.8) is 0 Å². The molecule has 1 aliphatic carbocycles. The molecule has 0 aromatic carbocycles. The van der Waals surface area contributed by atoms with Crippen LogP contribution in [0.4, 0.5) is 0 Å². The fraction of sp³-hybridized carbons (Fsp3) is 0.824. The molecule has 1 saturated carbocycles. The molecule has 0 aliphatic heterocycles. The number of carbonyl (C=O) groups excluding carboxylic acids is 2. The maximum atomic E-state index is 12.6. The van der Waals surface area contributed by atoms with Gasteiger partial charge in [-0.2, -0.15) is 0 Å². The molecule has 1 fully saturated rings. The monoisotopic (exact) mass is 339 g/mol. The van der Waals surface area contributed by atoms with Crippen molar-refractivity contribution in [2.24, 2.45) is 10.4 Å². The summed E-state index contributed by atoms with van der Waals surface area (Å²) >= 11 is 0. The molecule has 1 rings (SSSR count). The van der Waals surface area contributed by atoms with Crippen molar-refractivity contribution in [1.29, 1.82) is 0 Å². The van der Waals surface area contributed by atoms with Crippen LogP contribution < -0.4 is 10.6 Å². The maximum Gasteiger partial charge on any atom is 0.230 e. The highest BCUT2D eigenvalue weighted by Gasteiger charge is 2.42. The predicted octanol–water partition coefficient (Wildman–Crippen LogP) is 0.668. The Morgan fingerprint density at radius 3 is 2.17 bits per heavy atom. The summed E-state index contributed by atoms with van der Waals surface area (Å²) in [6.07, 6.45) is 4.37. The van der Waals surface area contributed by atoms with Crippen LogP contribution in [-0.2, 0) is 9.59 Å². The van der Waals surface area contributed by atoms with Gasteiger partial charge in [0.1, 0.15) is 0 Å². The van der Waals surface area contributed by atoms with Crippen LogP contribution in [-0.4, -0.2) is 75.4 Å². The van der Waals surface area contributed by atoms with Gasteiger partial charge in [-0.1, -0.05) is 12.8 Å². The highest BCUT2D eigenvalue weighted by atomic mass is 16.2. The molecule has 0 radical (unpaired) electrons. The van der Waals surface area contributed by atoms with Gasteiger partial charge in [0, 0.05) is 47.7 Å². The topological polar surface area (TPSA) is 77.0 Å². The van der Waals surface area contributed by atoms with Crippen LogP contribution in [0, 0.1) is 5.41 Å². The lowest BCUT2D eigenvalue weighted by molar-refractivity contribution is -0.138. The molecule has 0 aromatic rings. The SMILES string of the molecule is CCNC(=NCC1(C(=O)N(C)C)CCCC1)NCCC(=O)N(C)C. The number of rotatable bonds is 7. The fourth-order valence-electron chi connectivity index (χ4n) is 3.05. The van der Waals surface area contributed by atoms with Crippen molar-refractivity contribution >= 4 is 17.8 Å². The summed E-state index contributed by atoms with van der Waals surface area (Å²) in [5.41, 5.74) is -0.370. The van der Waals surface area contributed by atoms with E-state index in [-0.39, 0.29) is 17.2 Å². The van der Waals surface area contributed by atoms with Gasteiger partial charge in [-0.25, -0.2) is 0 Å². The first kappa shape index (κ1) is 20.3. The number of nitrogens with one attached hydrogen (secondary N) is 2. The summed E-state index contributed by atoms with van der Waals surface area (Å²) in [6.45, 7) is 3.75. The molecule has 0 unspecified atom stereocenters. The molecule has 138 valence electrons. The molecule has 2 amide bonds. The Kier molecular flexibility index (Phi) is 8.01. The summed E-state index contributed by atoms with van der Waals surface area (Å²) in [5.74, 6) is 0.915. The van der Waals surface area contributed by atoms with E-state index >= 15 is 0 Å². The Labute approximate surface area is 145 Å². The van der Waals surface area contributed by atoms with Gasteiger partial charge in [-0.15, -0.1) is 0 Å². The first-order valence-corrected chi connectivity index (χ1v) is 8.76. The van der Waals surface area contributed by atoms with Gasteiger partial charge in [0.25, 0.3) is 0 Å². The minimum absolute atomic E-state index is 0.0772. The van der Waals surface area contributed by atoms with E-state index in [1.807, 2.05) is 21.0 Å². The summed E-state index contributed by atoms with van der Waals surface area (Å²) in [6, 6.07) is 0. The number of carbonyl (C=O) groups is 2. The van der Waals surface area contributed by atoms with Crippen LogP contribution in [0.15, 0.2) is 4.99 Å². The Bertz CT molecular complexity index is 454. The zero-order valence-corrected chi connectivity index (χ0v) is 15.8. The van der Waals surface area contributed by atoms with Crippen molar-refractivity contribution < 1.29 is 9.59 Å². The van der Waals surface area contributed by atoms with Crippen molar-refractivity contribution in [3.8, 4) is 0 Å². The van der Waals surface area contributed by atoms with E-state index in [4.69, 9.17) is 0 Å². The van der Waals surface area contributed by atoms with E-state index in [1.54, 1.807) is 23.9 Å². The molecular formula is C17H33N5O2. The highest BCUT2D eigenvalue weighted by Crippen LogP contribution is 2.39. The van der Waals surface area contributed by atoms with Gasteiger partial charge in [-0.3, -0.25) is 14.6 Å². The van der Waals surface area contributed by atoms with Crippen LogP contribution in [0.25, 0.3) is 0 Å². The van der Waals surface area contributed by atoms with E-state index in [0.29, 0.717) is 25.5 Å². The van der Waals surface area contributed by atoms with E-state index in [9.17, 15) is 9.59 Å². The second-order valence-electron chi connectivity index (χ2n) is 6.85. The minimum Gasteiger partial charge on any atom is -0.357 e. The van der Waals surface area contributed by atoms with Gasteiger partial charge in [0.15, 0.2) is 5.96 Å². The number of nitrogens with zero attached hydrogens (tertiary/aromatic N) is 3. The normalized spacial score (nSPS) is 16.6. The zero-order valence-electron chi connectivity index (χ0n) is 15.8. The van der Waals surface area contributed by atoms with E-state index < -0.39 is 0 Å². The number of aliphatic imine (C=N–C) groups is 1. The summed E-state index contributed by atoms with van der Waals surface area (Å²) in [7, 11) is 7.11. The first-order chi connectivity index (χ1) is 11.3. The third kappa shape index (κ3) is 5.69. The Morgan fingerprint density at radius 2 is 1.67 bits per heavy atom. The largest absolute Gasteiger partial charge is 0.357 e. The zero-order chi connectivity index (χ0) is 18.2. The van der Waals surface area contributed by atoms with Crippen LogP contribution in [0.3, 0.4) is 0 Å². The molecule has 0 saturated heterocycles. The van der Waals surface area contributed by atoms with Gasteiger partial charge in [0.05, 0.1) is 12.0 Å². The van der Waals surface area contributed by atoms with Crippen LogP contribution in [0.2, 0.25) is 0 Å².